The zero-order chi connectivity index (χ0) is 14.4. The third-order valence-corrected chi connectivity index (χ3v) is 5.09. The summed E-state index contributed by atoms with van der Waals surface area (Å²) in [5.74, 6) is 0. The van der Waals surface area contributed by atoms with Crippen LogP contribution in [0.4, 0.5) is 11.4 Å². The van der Waals surface area contributed by atoms with Crippen molar-refractivity contribution in [3.63, 3.8) is 0 Å². The first kappa shape index (κ1) is 13.3. The van der Waals surface area contributed by atoms with Crippen LogP contribution in [0.15, 0.2) is 28.9 Å². The molecule has 0 radical (unpaired) electrons. The summed E-state index contributed by atoms with van der Waals surface area (Å²) in [6.07, 6.45) is 5.72. The number of benzene rings is 1. The van der Waals surface area contributed by atoms with Gasteiger partial charge in [0.2, 0.25) is 0 Å². The molecule has 4 nitrogen and oxygen atoms in total. The zero-order valence-corrected chi connectivity index (χ0v) is 13.3. The minimum Gasteiger partial charge on any atom is -0.396 e. The predicted octanol–water partition coefficient (Wildman–Crippen LogP) is 3.34. The first-order chi connectivity index (χ1) is 10.2. The molecule has 1 saturated heterocycles. The molecular weight excluding hydrogens is 330 g/mol. The average Bonchev–Trinajstić information content (AvgIpc) is 2.96. The van der Waals surface area contributed by atoms with E-state index in [4.69, 9.17) is 10.5 Å². The summed E-state index contributed by atoms with van der Waals surface area (Å²) in [6, 6.07) is 6.63. The molecule has 1 saturated carbocycles. The molecule has 2 heterocycles. The van der Waals surface area contributed by atoms with E-state index in [9.17, 15) is 0 Å². The molecule has 2 atom stereocenters. The van der Waals surface area contributed by atoms with Crippen molar-refractivity contribution < 1.29 is 4.74 Å². The van der Waals surface area contributed by atoms with E-state index in [0.717, 1.165) is 46.3 Å². The van der Waals surface area contributed by atoms with Gasteiger partial charge in [0.1, 0.15) is 0 Å². The van der Waals surface area contributed by atoms with E-state index in [2.05, 4.69) is 31.9 Å². The Balaban J connectivity index is 1.88. The normalized spacial score (nSPS) is 25.3. The first-order valence-corrected chi connectivity index (χ1v) is 8.25. The summed E-state index contributed by atoms with van der Waals surface area (Å²) in [7, 11) is 0. The van der Waals surface area contributed by atoms with Crippen molar-refractivity contribution in [1.82, 2.24) is 4.98 Å². The number of hydrogen-bond donors (Lipinski definition) is 1. The maximum atomic E-state index is 6.29. The van der Waals surface area contributed by atoms with Crippen LogP contribution >= 0.6 is 15.9 Å². The monoisotopic (exact) mass is 347 g/mol. The highest BCUT2D eigenvalue weighted by Crippen LogP contribution is 2.39. The van der Waals surface area contributed by atoms with Gasteiger partial charge in [-0.3, -0.25) is 4.98 Å². The van der Waals surface area contributed by atoms with Crippen molar-refractivity contribution in [1.29, 1.82) is 0 Å². The Morgan fingerprint density at radius 2 is 2.24 bits per heavy atom. The van der Waals surface area contributed by atoms with E-state index in [0.29, 0.717) is 12.1 Å². The van der Waals surface area contributed by atoms with E-state index in [-0.39, 0.29) is 0 Å². The zero-order valence-electron chi connectivity index (χ0n) is 11.8. The summed E-state index contributed by atoms with van der Waals surface area (Å²) in [5.41, 5.74) is 9.16. The third kappa shape index (κ3) is 2.19. The van der Waals surface area contributed by atoms with Gasteiger partial charge in [0.25, 0.3) is 0 Å². The van der Waals surface area contributed by atoms with E-state index in [1.807, 2.05) is 12.1 Å². The Hall–Kier alpha value is -1.33. The summed E-state index contributed by atoms with van der Waals surface area (Å²) >= 11 is 3.56. The number of halogens is 1. The molecule has 1 aliphatic heterocycles. The number of hydrogen-bond acceptors (Lipinski definition) is 4. The first-order valence-electron chi connectivity index (χ1n) is 7.46. The fourth-order valence-corrected chi connectivity index (χ4v) is 4.05. The third-order valence-electron chi connectivity index (χ3n) is 4.60. The number of aromatic nitrogens is 1. The maximum Gasteiger partial charge on any atom is 0.0779 e. The Morgan fingerprint density at radius 3 is 3.14 bits per heavy atom. The second-order valence-electron chi connectivity index (χ2n) is 5.82. The van der Waals surface area contributed by atoms with Crippen molar-refractivity contribution in [3.05, 3.63) is 28.9 Å². The van der Waals surface area contributed by atoms with Crippen LogP contribution in [-0.2, 0) is 4.74 Å². The molecule has 5 heteroatoms. The van der Waals surface area contributed by atoms with Crippen LogP contribution < -0.4 is 10.6 Å². The second-order valence-corrected chi connectivity index (χ2v) is 6.74. The number of nitrogen functional groups attached to an aromatic ring is 1. The molecule has 2 N–H and O–H groups in total. The molecule has 2 fully saturated rings. The van der Waals surface area contributed by atoms with Crippen LogP contribution in [0, 0.1) is 0 Å². The van der Waals surface area contributed by atoms with Crippen molar-refractivity contribution in [3.8, 4) is 0 Å². The van der Waals surface area contributed by atoms with Crippen molar-refractivity contribution >= 4 is 38.2 Å². The van der Waals surface area contributed by atoms with E-state index < -0.39 is 0 Å². The lowest BCUT2D eigenvalue weighted by Crippen LogP contribution is -2.49. The number of anilines is 2. The van der Waals surface area contributed by atoms with Gasteiger partial charge in [0, 0.05) is 16.4 Å². The van der Waals surface area contributed by atoms with Crippen LogP contribution in [0.25, 0.3) is 10.9 Å². The van der Waals surface area contributed by atoms with Crippen LogP contribution in [0.5, 0.6) is 0 Å². The van der Waals surface area contributed by atoms with Gasteiger partial charge >= 0.3 is 0 Å². The number of rotatable bonds is 1. The molecule has 1 aromatic carbocycles. The topological polar surface area (TPSA) is 51.4 Å². The summed E-state index contributed by atoms with van der Waals surface area (Å²) in [4.78, 5) is 6.91. The summed E-state index contributed by atoms with van der Waals surface area (Å²) in [5, 5.41) is 1.12. The Morgan fingerprint density at radius 1 is 1.33 bits per heavy atom. The van der Waals surface area contributed by atoms with E-state index >= 15 is 0 Å². The average molecular weight is 348 g/mol. The smallest absolute Gasteiger partial charge is 0.0779 e. The van der Waals surface area contributed by atoms with Gasteiger partial charge < -0.3 is 15.4 Å². The molecule has 110 valence electrons. The Kier molecular flexibility index (Phi) is 3.27. The number of morpholine rings is 1. The van der Waals surface area contributed by atoms with Gasteiger partial charge in [0.15, 0.2) is 0 Å². The van der Waals surface area contributed by atoms with Crippen LogP contribution in [0.2, 0.25) is 0 Å². The minimum absolute atomic E-state index is 0.355. The van der Waals surface area contributed by atoms with Crippen molar-refractivity contribution in [2.75, 3.05) is 23.8 Å². The predicted molar refractivity (Wildman–Crippen MR) is 88.6 cm³/mol. The van der Waals surface area contributed by atoms with Crippen LogP contribution in [0.1, 0.15) is 19.3 Å². The van der Waals surface area contributed by atoms with E-state index in [1.165, 1.54) is 12.8 Å². The molecule has 2 unspecified atom stereocenters. The maximum absolute atomic E-state index is 6.29. The molecule has 0 bridgehead atoms. The number of pyridine rings is 1. The van der Waals surface area contributed by atoms with Gasteiger partial charge in [-0.05, 0) is 37.5 Å². The van der Waals surface area contributed by atoms with E-state index in [1.54, 1.807) is 6.20 Å². The minimum atomic E-state index is 0.355. The molecule has 0 spiro atoms. The summed E-state index contributed by atoms with van der Waals surface area (Å²) < 4.78 is 6.98. The highest BCUT2D eigenvalue weighted by Gasteiger charge is 2.37. The van der Waals surface area contributed by atoms with Gasteiger partial charge in [-0.15, -0.1) is 0 Å². The molecule has 21 heavy (non-hydrogen) atoms. The molecule has 4 rings (SSSR count). The largest absolute Gasteiger partial charge is 0.396 e. The Labute approximate surface area is 132 Å². The molecule has 1 aliphatic carbocycles. The second kappa shape index (κ2) is 5.14. The lowest BCUT2D eigenvalue weighted by molar-refractivity contribution is 0.0258. The Bertz CT molecular complexity index is 685. The molecule has 2 aromatic rings. The lowest BCUT2D eigenvalue weighted by atomic mass is 10.1. The fourth-order valence-electron chi connectivity index (χ4n) is 3.69. The van der Waals surface area contributed by atoms with Crippen molar-refractivity contribution in [2.45, 2.75) is 31.4 Å². The highest BCUT2D eigenvalue weighted by atomic mass is 79.9. The molecule has 2 aliphatic rings. The number of fused-ring (bicyclic) bond motifs is 2. The SMILES string of the molecule is Nc1cnc2ccc(Br)cc2c1N1CCOC2CCCC21. The molecule has 0 amide bonds. The standard InChI is InChI=1S/C16H18BrN3O/c17-10-4-5-13-11(8-10)16(12(18)9-19-13)20-6-7-21-15-3-1-2-14(15)20/h4-5,8-9,14-15H,1-3,6-7,18H2. The van der Waals surface area contributed by atoms with Gasteiger partial charge in [0.05, 0.1) is 41.8 Å². The lowest BCUT2D eigenvalue weighted by Gasteiger charge is -2.40. The highest BCUT2D eigenvalue weighted by molar-refractivity contribution is 9.10. The van der Waals surface area contributed by atoms with Gasteiger partial charge in [-0.25, -0.2) is 0 Å². The quantitative estimate of drug-likeness (QED) is 0.859. The molecular formula is C16H18BrN3O. The number of nitrogens with two attached hydrogens (primary N) is 1. The van der Waals surface area contributed by atoms with Gasteiger partial charge in [-0.2, -0.15) is 0 Å². The summed E-state index contributed by atoms with van der Waals surface area (Å²) in [6.45, 7) is 1.68. The van der Waals surface area contributed by atoms with Crippen molar-refractivity contribution in [2.24, 2.45) is 0 Å². The van der Waals surface area contributed by atoms with Crippen LogP contribution in [-0.4, -0.2) is 30.3 Å². The number of ether oxygens (including phenoxy) is 1. The molecule has 1 aromatic heterocycles. The van der Waals surface area contributed by atoms with Gasteiger partial charge in [-0.1, -0.05) is 15.9 Å². The number of nitrogens with zero attached hydrogens (tertiary/aromatic N) is 2. The fraction of sp³-hybridized carbons (Fsp3) is 0.438. The van der Waals surface area contributed by atoms with Crippen LogP contribution in [0.3, 0.4) is 0 Å².